The highest BCUT2D eigenvalue weighted by Gasteiger charge is 2.04. The zero-order valence-electron chi connectivity index (χ0n) is 11.9. The third-order valence-corrected chi connectivity index (χ3v) is 2.34. The van der Waals surface area contributed by atoms with Crippen LogP contribution in [0, 0.1) is 6.92 Å². The molecule has 6 nitrogen and oxygen atoms in total. The summed E-state index contributed by atoms with van der Waals surface area (Å²) in [6.45, 7) is 5.90. The largest absolute Gasteiger partial charge is 0.473 e. The molecule has 0 aliphatic rings. The highest BCUT2D eigenvalue weighted by molar-refractivity contribution is 6.27. The molecule has 112 valence electrons. The number of rotatable bonds is 5. The first kappa shape index (κ1) is 18.1. The van der Waals surface area contributed by atoms with Crippen LogP contribution in [0.2, 0.25) is 0 Å². The molecule has 20 heavy (non-hydrogen) atoms. The van der Waals surface area contributed by atoms with Gasteiger partial charge in [0, 0.05) is 19.7 Å². The molecular formula is C14H21NO5. The van der Waals surface area contributed by atoms with Crippen LogP contribution in [0.3, 0.4) is 0 Å². The Labute approximate surface area is 118 Å². The van der Waals surface area contributed by atoms with Gasteiger partial charge < -0.3 is 20.3 Å². The average Bonchev–Trinajstić information content (AvgIpc) is 2.37. The maximum absolute atomic E-state index is 9.10. The van der Waals surface area contributed by atoms with Gasteiger partial charge in [-0.2, -0.15) is 0 Å². The van der Waals surface area contributed by atoms with Gasteiger partial charge in [0.25, 0.3) is 0 Å². The van der Waals surface area contributed by atoms with E-state index in [1.165, 1.54) is 11.1 Å². The van der Waals surface area contributed by atoms with Gasteiger partial charge in [-0.15, -0.1) is 0 Å². The van der Waals surface area contributed by atoms with Crippen LogP contribution < -0.4 is 5.32 Å². The highest BCUT2D eigenvalue weighted by Crippen LogP contribution is 2.03. The fourth-order valence-electron chi connectivity index (χ4n) is 1.42. The minimum Gasteiger partial charge on any atom is -0.473 e. The van der Waals surface area contributed by atoms with Crippen LogP contribution >= 0.6 is 0 Å². The Bertz CT molecular complexity index is 421. The number of carbonyl (C=O) groups is 2. The smallest absolute Gasteiger partial charge is 0.414 e. The molecule has 1 aromatic rings. The molecule has 1 aromatic carbocycles. The Morgan fingerprint density at radius 1 is 1.30 bits per heavy atom. The van der Waals surface area contributed by atoms with Crippen molar-refractivity contribution in [3.63, 3.8) is 0 Å². The first-order valence-electron chi connectivity index (χ1n) is 6.11. The number of ether oxygens (including phenoxy) is 1. The summed E-state index contributed by atoms with van der Waals surface area (Å²) in [5.41, 5.74) is 2.64. The lowest BCUT2D eigenvalue weighted by Gasteiger charge is -2.12. The maximum Gasteiger partial charge on any atom is 0.414 e. The summed E-state index contributed by atoms with van der Waals surface area (Å²) in [5.74, 6) is -3.65. The quantitative estimate of drug-likeness (QED) is 0.704. The van der Waals surface area contributed by atoms with E-state index in [1.54, 1.807) is 7.11 Å². The van der Waals surface area contributed by atoms with Crippen LogP contribution in [0.25, 0.3) is 0 Å². The van der Waals surface area contributed by atoms with E-state index in [1.807, 2.05) is 0 Å². The van der Waals surface area contributed by atoms with Crippen molar-refractivity contribution in [1.82, 2.24) is 5.32 Å². The van der Waals surface area contributed by atoms with Crippen LogP contribution in [-0.2, 0) is 20.9 Å². The van der Waals surface area contributed by atoms with Gasteiger partial charge in [0.1, 0.15) is 0 Å². The van der Waals surface area contributed by atoms with Crippen LogP contribution in [0.4, 0.5) is 0 Å². The van der Waals surface area contributed by atoms with Crippen LogP contribution in [-0.4, -0.2) is 41.9 Å². The van der Waals surface area contributed by atoms with Crippen LogP contribution in [0.1, 0.15) is 18.1 Å². The topological polar surface area (TPSA) is 95.9 Å². The molecule has 0 fully saturated rings. The van der Waals surface area contributed by atoms with E-state index < -0.39 is 11.9 Å². The Morgan fingerprint density at radius 3 is 2.35 bits per heavy atom. The van der Waals surface area contributed by atoms with Gasteiger partial charge in [-0.3, -0.25) is 0 Å². The zero-order valence-corrected chi connectivity index (χ0v) is 11.9. The van der Waals surface area contributed by atoms with Crippen molar-refractivity contribution in [1.29, 1.82) is 0 Å². The average molecular weight is 283 g/mol. The minimum absolute atomic E-state index is 0.403. The number of benzene rings is 1. The van der Waals surface area contributed by atoms with E-state index in [4.69, 9.17) is 24.5 Å². The molecule has 0 spiro atoms. The molecule has 0 bridgehead atoms. The van der Waals surface area contributed by atoms with Gasteiger partial charge in [-0.1, -0.05) is 29.8 Å². The first-order valence-corrected chi connectivity index (χ1v) is 6.11. The molecule has 0 aliphatic heterocycles. The molecule has 1 unspecified atom stereocenters. The molecule has 0 heterocycles. The van der Waals surface area contributed by atoms with Gasteiger partial charge in [0.15, 0.2) is 0 Å². The van der Waals surface area contributed by atoms with Crippen molar-refractivity contribution < 1.29 is 24.5 Å². The summed E-state index contributed by atoms with van der Waals surface area (Å²) in [6, 6.07) is 8.95. The lowest BCUT2D eigenvalue weighted by molar-refractivity contribution is -0.159. The predicted octanol–water partition coefficient (Wildman–Crippen LogP) is 1.28. The monoisotopic (exact) mass is 283 g/mol. The number of aliphatic carboxylic acids is 2. The second-order valence-corrected chi connectivity index (χ2v) is 4.34. The van der Waals surface area contributed by atoms with Crippen molar-refractivity contribution in [2.24, 2.45) is 0 Å². The van der Waals surface area contributed by atoms with Crippen molar-refractivity contribution in [2.45, 2.75) is 26.4 Å². The summed E-state index contributed by atoms with van der Waals surface area (Å²) in [6.07, 6.45) is 0. The van der Waals surface area contributed by atoms with Crippen molar-refractivity contribution >= 4 is 11.9 Å². The number of aryl methyl sites for hydroxylation is 1. The van der Waals surface area contributed by atoms with E-state index in [2.05, 4.69) is 43.4 Å². The number of methoxy groups -OCH3 is 1. The van der Waals surface area contributed by atoms with Crippen LogP contribution in [0.15, 0.2) is 24.3 Å². The highest BCUT2D eigenvalue weighted by atomic mass is 16.5. The maximum atomic E-state index is 9.10. The predicted molar refractivity (Wildman–Crippen MR) is 74.6 cm³/mol. The van der Waals surface area contributed by atoms with E-state index in [0.29, 0.717) is 6.04 Å². The molecule has 0 saturated carbocycles. The summed E-state index contributed by atoms with van der Waals surface area (Å²) in [7, 11) is 1.73. The summed E-state index contributed by atoms with van der Waals surface area (Å²) < 4.78 is 5.05. The summed E-state index contributed by atoms with van der Waals surface area (Å²) in [4.78, 5) is 18.2. The molecule has 3 N–H and O–H groups in total. The SMILES string of the molecule is COCC(C)NCc1cccc(C)c1.O=C(O)C(=O)O. The van der Waals surface area contributed by atoms with Crippen molar-refractivity contribution in [2.75, 3.05) is 13.7 Å². The molecule has 0 amide bonds. The Balaban J connectivity index is 0.000000511. The van der Waals surface area contributed by atoms with E-state index in [0.717, 1.165) is 13.2 Å². The van der Waals surface area contributed by atoms with Gasteiger partial charge in [0.05, 0.1) is 6.61 Å². The number of carboxylic acid groups (broad SMARTS) is 2. The molecular weight excluding hydrogens is 262 g/mol. The number of hydrogen-bond acceptors (Lipinski definition) is 4. The molecule has 0 radical (unpaired) electrons. The summed E-state index contributed by atoms with van der Waals surface area (Å²) in [5, 5.41) is 18.2. The third kappa shape index (κ3) is 9.07. The normalized spacial score (nSPS) is 11.2. The molecule has 1 rings (SSSR count). The molecule has 0 aromatic heterocycles. The Kier molecular flexibility index (Phi) is 8.98. The third-order valence-electron chi connectivity index (χ3n) is 2.34. The number of hydrogen-bond donors (Lipinski definition) is 3. The van der Waals surface area contributed by atoms with Gasteiger partial charge in [0.2, 0.25) is 0 Å². The second-order valence-electron chi connectivity index (χ2n) is 4.34. The van der Waals surface area contributed by atoms with E-state index in [9.17, 15) is 0 Å². The van der Waals surface area contributed by atoms with E-state index >= 15 is 0 Å². The van der Waals surface area contributed by atoms with Crippen molar-refractivity contribution in [3.8, 4) is 0 Å². The minimum atomic E-state index is -1.82. The molecule has 6 heteroatoms. The van der Waals surface area contributed by atoms with Gasteiger partial charge >= 0.3 is 11.9 Å². The first-order chi connectivity index (χ1) is 9.36. The molecule has 0 aliphatic carbocycles. The number of nitrogens with one attached hydrogen (secondary N) is 1. The fourth-order valence-corrected chi connectivity index (χ4v) is 1.42. The molecule has 0 saturated heterocycles. The Morgan fingerprint density at radius 2 is 1.90 bits per heavy atom. The fraction of sp³-hybridized carbons (Fsp3) is 0.429. The summed E-state index contributed by atoms with van der Waals surface area (Å²) >= 11 is 0. The van der Waals surface area contributed by atoms with Crippen LogP contribution in [0.5, 0.6) is 0 Å². The zero-order chi connectivity index (χ0) is 15.5. The molecule has 1 atom stereocenters. The lowest BCUT2D eigenvalue weighted by Crippen LogP contribution is -2.29. The van der Waals surface area contributed by atoms with Gasteiger partial charge in [-0.05, 0) is 19.4 Å². The van der Waals surface area contributed by atoms with Gasteiger partial charge in [-0.25, -0.2) is 9.59 Å². The number of carboxylic acids is 2. The standard InChI is InChI=1S/C12H19NO.C2H2O4/c1-10-5-4-6-12(7-10)8-13-11(2)9-14-3;3-1(4)2(5)6/h4-7,11,13H,8-9H2,1-3H3;(H,3,4)(H,5,6). The van der Waals surface area contributed by atoms with E-state index in [-0.39, 0.29) is 0 Å². The second kappa shape index (κ2) is 9.94. The lowest BCUT2D eigenvalue weighted by atomic mass is 10.1. The Hall–Kier alpha value is -1.92. The van der Waals surface area contributed by atoms with Crippen molar-refractivity contribution in [3.05, 3.63) is 35.4 Å².